The molecule has 0 bridgehead atoms. The minimum absolute atomic E-state index is 0.0749. The van der Waals surface area contributed by atoms with E-state index in [1.165, 1.54) is 36.7 Å². The van der Waals surface area contributed by atoms with Crippen LogP contribution in [-0.2, 0) is 0 Å². The molecular formula is C14H11N3O4. The summed E-state index contributed by atoms with van der Waals surface area (Å²) in [4.78, 5) is 37.9. The Labute approximate surface area is 119 Å². The number of aromatic nitrogens is 1. The van der Waals surface area contributed by atoms with E-state index in [-0.39, 0.29) is 11.1 Å². The van der Waals surface area contributed by atoms with Crippen LogP contribution >= 0.6 is 0 Å². The van der Waals surface area contributed by atoms with Crippen LogP contribution < -0.4 is 10.9 Å². The Bertz CT molecular complexity index is 668. The summed E-state index contributed by atoms with van der Waals surface area (Å²) in [5.41, 5.74) is 5.08. The number of amides is 2. The van der Waals surface area contributed by atoms with Crippen LogP contribution in [0.15, 0.2) is 48.8 Å². The van der Waals surface area contributed by atoms with Crippen molar-refractivity contribution in [2.45, 2.75) is 0 Å². The number of hydrazine groups is 1. The average molecular weight is 285 g/mol. The first kappa shape index (κ1) is 14.2. The molecule has 0 atom stereocenters. The molecule has 21 heavy (non-hydrogen) atoms. The first-order valence-electron chi connectivity index (χ1n) is 5.92. The van der Waals surface area contributed by atoms with Gasteiger partial charge in [-0.25, -0.2) is 4.79 Å². The predicted octanol–water partition coefficient (Wildman–Crippen LogP) is 0.855. The molecule has 0 aliphatic heterocycles. The smallest absolute Gasteiger partial charge is 0.335 e. The fraction of sp³-hybridized carbons (Fsp3) is 0. The lowest BCUT2D eigenvalue weighted by molar-refractivity contribution is 0.0696. The summed E-state index contributed by atoms with van der Waals surface area (Å²) in [6.45, 7) is 0. The van der Waals surface area contributed by atoms with Crippen LogP contribution in [0.3, 0.4) is 0 Å². The lowest BCUT2D eigenvalue weighted by atomic mass is 10.1. The number of pyridine rings is 1. The van der Waals surface area contributed by atoms with E-state index >= 15 is 0 Å². The van der Waals surface area contributed by atoms with Crippen molar-refractivity contribution in [3.05, 3.63) is 65.5 Å². The van der Waals surface area contributed by atoms with E-state index in [2.05, 4.69) is 15.8 Å². The highest BCUT2D eigenvalue weighted by Crippen LogP contribution is 2.04. The van der Waals surface area contributed by atoms with Gasteiger partial charge in [0.1, 0.15) is 0 Å². The number of rotatable bonds is 3. The highest BCUT2D eigenvalue weighted by Gasteiger charge is 2.10. The second-order valence-electron chi connectivity index (χ2n) is 4.03. The number of nitrogens with one attached hydrogen (secondary N) is 2. The normalized spacial score (nSPS) is 9.71. The van der Waals surface area contributed by atoms with Gasteiger partial charge < -0.3 is 5.11 Å². The third-order valence-corrected chi connectivity index (χ3v) is 2.61. The van der Waals surface area contributed by atoms with Gasteiger partial charge in [0, 0.05) is 18.0 Å². The van der Waals surface area contributed by atoms with Crippen LogP contribution in [0, 0.1) is 0 Å². The van der Waals surface area contributed by atoms with Crippen molar-refractivity contribution in [2.75, 3.05) is 0 Å². The molecule has 0 aliphatic carbocycles. The van der Waals surface area contributed by atoms with Crippen molar-refractivity contribution in [2.24, 2.45) is 0 Å². The summed E-state index contributed by atoms with van der Waals surface area (Å²) in [6.07, 6.45) is 2.89. The molecule has 1 heterocycles. The molecule has 0 radical (unpaired) electrons. The second kappa shape index (κ2) is 6.29. The molecule has 7 nitrogen and oxygen atoms in total. The summed E-state index contributed by atoms with van der Waals surface area (Å²) >= 11 is 0. The Morgan fingerprint density at radius 1 is 0.857 bits per heavy atom. The van der Waals surface area contributed by atoms with E-state index in [0.717, 1.165) is 0 Å². The molecule has 0 aliphatic rings. The van der Waals surface area contributed by atoms with Gasteiger partial charge in [0.05, 0.1) is 11.1 Å². The fourth-order valence-electron chi connectivity index (χ4n) is 1.52. The van der Waals surface area contributed by atoms with Crippen LogP contribution in [0.5, 0.6) is 0 Å². The molecule has 2 rings (SSSR count). The van der Waals surface area contributed by atoms with Crippen LogP contribution in [-0.4, -0.2) is 27.9 Å². The van der Waals surface area contributed by atoms with Gasteiger partial charge in [-0.2, -0.15) is 0 Å². The van der Waals surface area contributed by atoms with Gasteiger partial charge in [0.2, 0.25) is 0 Å². The van der Waals surface area contributed by atoms with Crippen LogP contribution in [0.2, 0.25) is 0 Å². The zero-order valence-corrected chi connectivity index (χ0v) is 10.7. The SMILES string of the molecule is O=C(O)c1ccc(C(=O)NNC(=O)c2cccnc2)cc1. The zero-order chi connectivity index (χ0) is 15.2. The molecule has 0 unspecified atom stereocenters. The molecule has 0 spiro atoms. The van der Waals surface area contributed by atoms with E-state index in [9.17, 15) is 14.4 Å². The van der Waals surface area contributed by atoms with Crippen molar-refractivity contribution in [3.63, 3.8) is 0 Å². The topological polar surface area (TPSA) is 108 Å². The van der Waals surface area contributed by atoms with E-state index < -0.39 is 17.8 Å². The summed E-state index contributed by atoms with van der Waals surface area (Å²) in [5, 5.41) is 8.75. The highest BCUT2D eigenvalue weighted by molar-refractivity contribution is 5.99. The Balaban J connectivity index is 1.96. The van der Waals surface area contributed by atoms with Gasteiger partial charge in [-0.1, -0.05) is 0 Å². The summed E-state index contributed by atoms with van der Waals surface area (Å²) in [5.74, 6) is -2.13. The molecule has 0 saturated heterocycles. The average Bonchev–Trinajstić information content (AvgIpc) is 2.53. The van der Waals surface area contributed by atoms with Crippen molar-refractivity contribution < 1.29 is 19.5 Å². The molecule has 3 N–H and O–H groups in total. The fourth-order valence-corrected chi connectivity index (χ4v) is 1.52. The van der Waals surface area contributed by atoms with E-state index in [1.54, 1.807) is 12.1 Å². The Morgan fingerprint density at radius 3 is 1.95 bits per heavy atom. The molecule has 0 fully saturated rings. The number of carboxylic acids is 1. The largest absolute Gasteiger partial charge is 0.478 e. The third kappa shape index (κ3) is 3.63. The molecule has 0 saturated carbocycles. The molecular weight excluding hydrogens is 274 g/mol. The standard InChI is InChI=1S/C14H11N3O4/c18-12(9-3-5-10(6-4-9)14(20)21)16-17-13(19)11-2-1-7-15-8-11/h1-8H,(H,16,18)(H,17,19)(H,20,21). The van der Waals surface area contributed by atoms with Gasteiger partial charge in [-0.15, -0.1) is 0 Å². The van der Waals surface area contributed by atoms with Crippen LogP contribution in [0.25, 0.3) is 0 Å². The van der Waals surface area contributed by atoms with Gasteiger partial charge >= 0.3 is 5.97 Å². The van der Waals surface area contributed by atoms with Gasteiger partial charge in [-0.3, -0.25) is 25.4 Å². The minimum atomic E-state index is -1.08. The summed E-state index contributed by atoms with van der Waals surface area (Å²) in [6, 6.07) is 8.47. The van der Waals surface area contributed by atoms with Crippen molar-refractivity contribution >= 4 is 17.8 Å². The summed E-state index contributed by atoms with van der Waals surface area (Å²) in [7, 11) is 0. The number of hydrogen-bond donors (Lipinski definition) is 3. The number of carboxylic acid groups (broad SMARTS) is 1. The number of nitrogens with zero attached hydrogens (tertiary/aromatic N) is 1. The molecule has 2 aromatic rings. The number of carbonyl (C=O) groups is 3. The maximum absolute atomic E-state index is 11.8. The Kier molecular flexibility index (Phi) is 4.25. The first-order chi connectivity index (χ1) is 10.1. The van der Waals surface area contributed by atoms with Crippen molar-refractivity contribution in [1.82, 2.24) is 15.8 Å². The molecule has 7 heteroatoms. The van der Waals surface area contributed by atoms with Gasteiger partial charge in [0.15, 0.2) is 0 Å². The second-order valence-corrected chi connectivity index (χ2v) is 4.03. The number of carbonyl (C=O) groups excluding carboxylic acids is 2. The van der Waals surface area contributed by atoms with Crippen LogP contribution in [0.1, 0.15) is 31.1 Å². The molecule has 1 aromatic heterocycles. The van der Waals surface area contributed by atoms with Gasteiger partial charge in [0.25, 0.3) is 11.8 Å². The quantitative estimate of drug-likeness (QED) is 0.725. The lowest BCUT2D eigenvalue weighted by Crippen LogP contribution is -2.41. The maximum Gasteiger partial charge on any atom is 0.335 e. The van der Waals surface area contributed by atoms with Crippen molar-refractivity contribution in [1.29, 1.82) is 0 Å². The molecule has 2 amide bonds. The van der Waals surface area contributed by atoms with Crippen molar-refractivity contribution in [3.8, 4) is 0 Å². The number of benzene rings is 1. The highest BCUT2D eigenvalue weighted by atomic mass is 16.4. The lowest BCUT2D eigenvalue weighted by Gasteiger charge is -2.07. The first-order valence-corrected chi connectivity index (χ1v) is 5.92. The Hall–Kier alpha value is -3.22. The maximum atomic E-state index is 11.8. The summed E-state index contributed by atoms with van der Waals surface area (Å²) < 4.78 is 0. The number of aromatic carboxylic acids is 1. The minimum Gasteiger partial charge on any atom is -0.478 e. The van der Waals surface area contributed by atoms with Gasteiger partial charge in [-0.05, 0) is 36.4 Å². The third-order valence-electron chi connectivity index (χ3n) is 2.61. The Morgan fingerprint density at radius 2 is 1.43 bits per heavy atom. The molecule has 1 aromatic carbocycles. The van der Waals surface area contributed by atoms with Crippen LogP contribution in [0.4, 0.5) is 0 Å². The predicted molar refractivity (Wildman–Crippen MR) is 72.6 cm³/mol. The van der Waals surface area contributed by atoms with E-state index in [1.807, 2.05) is 0 Å². The van der Waals surface area contributed by atoms with E-state index in [4.69, 9.17) is 5.11 Å². The zero-order valence-electron chi connectivity index (χ0n) is 10.7. The number of hydrogen-bond acceptors (Lipinski definition) is 4. The monoisotopic (exact) mass is 285 g/mol. The molecule has 106 valence electrons. The van der Waals surface area contributed by atoms with E-state index in [0.29, 0.717) is 5.56 Å².